The third kappa shape index (κ3) is 4.46. The summed E-state index contributed by atoms with van der Waals surface area (Å²) in [4.78, 5) is 1.03. The molecule has 0 radical (unpaired) electrons. The van der Waals surface area contributed by atoms with Crippen molar-refractivity contribution in [1.82, 2.24) is 9.62 Å². The second-order valence-electron chi connectivity index (χ2n) is 4.40. The highest BCUT2D eigenvalue weighted by Crippen LogP contribution is 2.26. The Balaban J connectivity index is 2.83. The molecule has 0 saturated heterocycles. The molecule has 0 aromatic carbocycles. The van der Waals surface area contributed by atoms with Crippen molar-refractivity contribution >= 4 is 33.1 Å². The molecule has 1 aromatic rings. The van der Waals surface area contributed by atoms with Gasteiger partial charge in [-0.3, -0.25) is 0 Å². The maximum absolute atomic E-state index is 12.5. The zero-order chi connectivity index (χ0) is 14.5. The van der Waals surface area contributed by atoms with Crippen molar-refractivity contribution in [3.63, 3.8) is 0 Å². The molecule has 0 bridgehead atoms. The Morgan fingerprint density at radius 1 is 1.47 bits per heavy atom. The van der Waals surface area contributed by atoms with Gasteiger partial charge in [0.05, 0.1) is 0 Å². The number of hydrogen-bond acceptors (Lipinski definition) is 5. The fraction of sp³-hybridized carbons (Fsp3) is 0.667. The van der Waals surface area contributed by atoms with Gasteiger partial charge in [-0.05, 0) is 44.5 Å². The summed E-state index contributed by atoms with van der Waals surface area (Å²) in [7, 11) is 0.165. The number of nitrogens with one attached hydrogen (secondary N) is 1. The molecule has 7 heteroatoms. The van der Waals surface area contributed by atoms with Gasteiger partial charge in [-0.25, -0.2) is 8.42 Å². The van der Waals surface area contributed by atoms with Crippen LogP contribution in [-0.2, 0) is 16.6 Å². The first-order valence-corrected chi connectivity index (χ1v) is 9.78. The smallest absolute Gasteiger partial charge is 0.252 e. The molecule has 1 atom stereocenters. The average Bonchev–Trinajstić information content (AvgIpc) is 2.84. The van der Waals surface area contributed by atoms with Crippen LogP contribution in [-0.4, -0.2) is 44.9 Å². The maximum atomic E-state index is 12.5. The van der Waals surface area contributed by atoms with E-state index in [1.165, 1.54) is 15.6 Å². The Bertz CT molecular complexity index is 485. The van der Waals surface area contributed by atoms with Crippen LogP contribution in [0.4, 0.5) is 0 Å². The number of rotatable bonds is 8. The third-order valence-corrected chi connectivity index (χ3v) is 7.15. The summed E-state index contributed by atoms with van der Waals surface area (Å²) >= 11 is 3.07. The second-order valence-corrected chi connectivity index (χ2v) is 8.78. The quantitative estimate of drug-likeness (QED) is 0.797. The zero-order valence-corrected chi connectivity index (χ0v) is 14.3. The summed E-state index contributed by atoms with van der Waals surface area (Å²) < 4.78 is 26.8. The van der Waals surface area contributed by atoms with E-state index in [0.717, 1.165) is 17.1 Å². The van der Waals surface area contributed by atoms with E-state index < -0.39 is 10.0 Å². The lowest BCUT2D eigenvalue weighted by Gasteiger charge is -2.23. The number of sulfonamides is 1. The highest BCUT2D eigenvalue weighted by Gasteiger charge is 2.26. The average molecular weight is 323 g/mol. The summed E-state index contributed by atoms with van der Waals surface area (Å²) in [6.07, 6.45) is 2.90. The predicted molar refractivity (Wildman–Crippen MR) is 84.5 cm³/mol. The van der Waals surface area contributed by atoms with E-state index in [4.69, 9.17) is 0 Å². The standard InChI is InChI=1S/C12H22N2O2S3/c1-10(7-8-17-4)14(3)19(15,16)12-6-5-11(18-12)9-13-2/h5-6,10,13H,7-9H2,1-4H3. The van der Waals surface area contributed by atoms with Crippen LogP contribution in [0.3, 0.4) is 0 Å². The van der Waals surface area contributed by atoms with Crippen molar-refractivity contribution < 1.29 is 8.42 Å². The van der Waals surface area contributed by atoms with E-state index in [1.807, 2.05) is 26.3 Å². The third-order valence-electron chi connectivity index (χ3n) is 2.98. The van der Waals surface area contributed by atoms with Crippen LogP contribution in [0.15, 0.2) is 16.3 Å². The second kappa shape index (κ2) is 7.64. The molecular formula is C12H22N2O2S3. The molecule has 19 heavy (non-hydrogen) atoms. The SMILES string of the molecule is CNCc1ccc(S(=O)(=O)N(C)C(C)CCSC)s1. The van der Waals surface area contributed by atoms with Gasteiger partial charge in [-0.2, -0.15) is 16.1 Å². The molecule has 1 unspecified atom stereocenters. The molecular weight excluding hydrogens is 300 g/mol. The number of hydrogen-bond donors (Lipinski definition) is 1. The highest BCUT2D eigenvalue weighted by molar-refractivity contribution is 7.98. The molecule has 1 rings (SSSR count). The minimum atomic E-state index is -3.35. The van der Waals surface area contributed by atoms with Crippen LogP contribution in [0.1, 0.15) is 18.2 Å². The van der Waals surface area contributed by atoms with E-state index in [2.05, 4.69) is 5.32 Å². The van der Waals surface area contributed by atoms with Gasteiger partial charge >= 0.3 is 0 Å². The molecule has 110 valence electrons. The molecule has 0 fully saturated rings. The van der Waals surface area contributed by atoms with Crippen LogP contribution in [0.2, 0.25) is 0 Å². The maximum Gasteiger partial charge on any atom is 0.252 e. The van der Waals surface area contributed by atoms with E-state index in [1.54, 1.807) is 24.9 Å². The zero-order valence-electron chi connectivity index (χ0n) is 11.8. The normalized spacial score (nSPS) is 13.9. The summed E-state index contributed by atoms with van der Waals surface area (Å²) in [6, 6.07) is 3.59. The van der Waals surface area contributed by atoms with Crippen molar-refractivity contribution in [3.8, 4) is 0 Å². The van der Waals surface area contributed by atoms with Crippen LogP contribution in [0.25, 0.3) is 0 Å². The monoisotopic (exact) mass is 322 g/mol. The highest BCUT2D eigenvalue weighted by atomic mass is 32.2. The van der Waals surface area contributed by atoms with Crippen LogP contribution < -0.4 is 5.32 Å². The first kappa shape index (κ1) is 17.0. The summed E-state index contributed by atoms with van der Waals surface area (Å²) in [5, 5.41) is 3.03. The Morgan fingerprint density at radius 3 is 2.74 bits per heavy atom. The van der Waals surface area contributed by atoms with E-state index >= 15 is 0 Å². The topological polar surface area (TPSA) is 49.4 Å². The van der Waals surface area contributed by atoms with Crippen molar-refractivity contribution in [1.29, 1.82) is 0 Å². The fourth-order valence-corrected chi connectivity index (χ4v) is 5.14. The summed E-state index contributed by atoms with van der Waals surface area (Å²) in [6.45, 7) is 2.65. The molecule has 4 nitrogen and oxygen atoms in total. The van der Waals surface area contributed by atoms with Gasteiger partial charge in [-0.15, -0.1) is 11.3 Å². The Labute approximate surface area is 124 Å². The van der Waals surface area contributed by atoms with Crippen LogP contribution in [0.5, 0.6) is 0 Å². The Morgan fingerprint density at radius 2 is 2.16 bits per heavy atom. The molecule has 0 aliphatic heterocycles. The minimum absolute atomic E-state index is 0.0206. The van der Waals surface area contributed by atoms with Gasteiger partial charge in [-0.1, -0.05) is 0 Å². The molecule has 1 heterocycles. The van der Waals surface area contributed by atoms with Crippen molar-refractivity contribution in [3.05, 3.63) is 17.0 Å². The van der Waals surface area contributed by atoms with Crippen LogP contribution in [0, 0.1) is 0 Å². The van der Waals surface area contributed by atoms with Gasteiger partial charge in [0.1, 0.15) is 4.21 Å². The fourth-order valence-electron chi connectivity index (χ4n) is 1.62. The molecule has 0 aliphatic rings. The molecule has 0 saturated carbocycles. The molecule has 1 N–H and O–H groups in total. The predicted octanol–water partition coefficient (Wildman–Crippen LogP) is 2.23. The van der Waals surface area contributed by atoms with Gasteiger partial charge in [0.15, 0.2) is 0 Å². The minimum Gasteiger partial charge on any atom is -0.315 e. The van der Waals surface area contributed by atoms with Crippen LogP contribution >= 0.6 is 23.1 Å². The van der Waals surface area contributed by atoms with Gasteiger partial charge < -0.3 is 5.32 Å². The molecule has 0 aliphatic carbocycles. The largest absolute Gasteiger partial charge is 0.315 e. The lowest BCUT2D eigenvalue weighted by atomic mass is 10.3. The molecule has 0 amide bonds. The molecule has 0 spiro atoms. The van der Waals surface area contributed by atoms with Crippen molar-refractivity contribution in [2.24, 2.45) is 0 Å². The lowest BCUT2D eigenvalue weighted by molar-refractivity contribution is 0.383. The number of thiophene rings is 1. The van der Waals surface area contributed by atoms with Gasteiger partial charge in [0.2, 0.25) is 0 Å². The number of nitrogens with zero attached hydrogens (tertiary/aromatic N) is 1. The lowest BCUT2D eigenvalue weighted by Crippen LogP contribution is -2.35. The van der Waals surface area contributed by atoms with E-state index in [0.29, 0.717) is 10.8 Å². The van der Waals surface area contributed by atoms with Gasteiger partial charge in [0.25, 0.3) is 10.0 Å². The first-order valence-electron chi connectivity index (χ1n) is 6.13. The van der Waals surface area contributed by atoms with Crippen molar-refractivity contribution in [2.75, 3.05) is 26.1 Å². The Hall–Kier alpha value is -0.0800. The van der Waals surface area contributed by atoms with Gasteiger partial charge in [0, 0.05) is 24.5 Å². The number of thioether (sulfide) groups is 1. The summed E-state index contributed by atoms with van der Waals surface area (Å²) in [5.41, 5.74) is 0. The van der Waals surface area contributed by atoms with E-state index in [9.17, 15) is 8.42 Å². The summed E-state index contributed by atoms with van der Waals surface area (Å²) in [5.74, 6) is 0.969. The van der Waals surface area contributed by atoms with Crippen molar-refractivity contribution in [2.45, 2.75) is 30.1 Å². The molecule has 1 aromatic heterocycles. The first-order chi connectivity index (χ1) is 8.93. The Kier molecular flexibility index (Phi) is 6.82. The van der Waals surface area contributed by atoms with E-state index in [-0.39, 0.29) is 6.04 Å².